The van der Waals surface area contributed by atoms with Gasteiger partial charge in [-0.25, -0.2) is 8.78 Å². The molecule has 19 heavy (non-hydrogen) atoms. The SMILES string of the molecule is OC1c2ccccc2CC1Cc1c(F)cccc1F. The molecule has 2 aromatic rings. The summed E-state index contributed by atoms with van der Waals surface area (Å²) in [4.78, 5) is 0. The van der Waals surface area contributed by atoms with Crippen LogP contribution < -0.4 is 0 Å². The fraction of sp³-hybridized carbons (Fsp3) is 0.250. The van der Waals surface area contributed by atoms with Crippen molar-refractivity contribution < 1.29 is 13.9 Å². The lowest BCUT2D eigenvalue weighted by Gasteiger charge is -2.15. The van der Waals surface area contributed by atoms with Crippen LogP contribution in [0.4, 0.5) is 8.78 Å². The molecule has 1 aliphatic rings. The monoisotopic (exact) mass is 260 g/mol. The van der Waals surface area contributed by atoms with Gasteiger partial charge >= 0.3 is 0 Å². The molecule has 2 unspecified atom stereocenters. The number of rotatable bonds is 2. The minimum absolute atomic E-state index is 0.0688. The number of halogens is 2. The van der Waals surface area contributed by atoms with Crippen LogP contribution in [0.5, 0.6) is 0 Å². The van der Waals surface area contributed by atoms with Crippen LogP contribution in [-0.4, -0.2) is 5.11 Å². The molecule has 0 spiro atoms. The van der Waals surface area contributed by atoms with Crippen LogP contribution >= 0.6 is 0 Å². The van der Waals surface area contributed by atoms with Crippen molar-refractivity contribution in [3.05, 3.63) is 70.8 Å². The second-order valence-electron chi connectivity index (χ2n) is 5.01. The van der Waals surface area contributed by atoms with E-state index >= 15 is 0 Å². The average Bonchev–Trinajstić information content (AvgIpc) is 2.72. The number of hydrogen-bond donors (Lipinski definition) is 1. The summed E-state index contributed by atoms with van der Waals surface area (Å²) in [5.41, 5.74) is 2.01. The van der Waals surface area contributed by atoms with Gasteiger partial charge in [0.1, 0.15) is 11.6 Å². The first-order valence-corrected chi connectivity index (χ1v) is 6.35. The van der Waals surface area contributed by atoms with Gasteiger partial charge in [0.25, 0.3) is 0 Å². The predicted octanol–water partition coefficient (Wildman–Crippen LogP) is 3.41. The summed E-state index contributed by atoms with van der Waals surface area (Å²) in [5, 5.41) is 10.2. The van der Waals surface area contributed by atoms with E-state index in [2.05, 4.69) is 0 Å². The largest absolute Gasteiger partial charge is 0.388 e. The molecular weight excluding hydrogens is 246 g/mol. The molecule has 2 aromatic carbocycles. The quantitative estimate of drug-likeness (QED) is 0.877. The van der Waals surface area contributed by atoms with Crippen molar-refractivity contribution in [1.82, 2.24) is 0 Å². The van der Waals surface area contributed by atoms with Crippen molar-refractivity contribution in [2.45, 2.75) is 18.9 Å². The maximum absolute atomic E-state index is 13.6. The zero-order valence-corrected chi connectivity index (χ0v) is 10.3. The predicted molar refractivity (Wildman–Crippen MR) is 68.7 cm³/mol. The Kier molecular flexibility index (Phi) is 3.07. The van der Waals surface area contributed by atoms with Crippen LogP contribution in [0.25, 0.3) is 0 Å². The summed E-state index contributed by atoms with van der Waals surface area (Å²) in [6.07, 6.45) is 0.231. The molecule has 0 saturated heterocycles. The Morgan fingerprint density at radius 2 is 1.68 bits per heavy atom. The van der Waals surface area contributed by atoms with Crippen LogP contribution in [0.15, 0.2) is 42.5 Å². The highest BCUT2D eigenvalue weighted by Crippen LogP contribution is 2.38. The van der Waals surface area contributed by atoms with Crippen molar-refractivity contribution in [3.63, 3.8) is 0 Å². The molecular formula is C16H14F2O. The van der Waals surface area contributed by atoms with Crippen molar-refractivity contribution in [3.8, 4) is 0 Å². The minimum atomic E-state index is -0.643. The van der Waals surface area contributed by atoms with Gasteiger partial charge in [-0.05, 0) is 42.0 Å². The van der Waals surface area contributed by atoms with E-state index in [-0.39, 0.29) is 17.9 Å². The number of fused-ring (bicyclic) bond motifs is 1. The molecule has 98 valence electrons. The Morgan fingerprint density at radius 3 is 2.37 bits per heavy atom. The molecule has 0 heterocycles. The molecule has 0 aromatic heterocycles. The molecule has 0 aliphatic heterocycles. The van der Waals surface area contributed by atoms with E-state index in [1.807, 2.05) is 24.3 Å². The van der Waals surface area contributed by atoms with Crippen molar-refractivity contribution in [1.29, 1.82) is 0 Å². The van der Waals surface area contributed by atoms with Crippen LogP contribution in [0.2, 0.25) is 0 Å². The lowest BCUT2D eigenvalue weighted by atomic mass is 9.94. The summed E-state index contributed by atoms with van der Waals surface area (Å²) < 4.78 is 27.3. The van der Waals surface area contributed by atoms with Crippen LogP contribution in [0.1, 0.15) is 22.8 Å². The summed E-state index contributed by atoms with van der Waals surface area (Å²) >= 11 is 0. The van der Waals surface area contributed by atoms with Crippen LogP contribution in [0, 0.1) is 17.6 Å². The van der Waals surface area contributed by atoms with Crippen LogP contribution in [0.3, 0.4) is 0 Å². The zero-order valence-electron chi connectivity index (χ0n) is 10.3. The van der Waals surface area contributed by atoms with E-state index in [0.717, 1.165) is 11.1 Å². The van der Waals surface area contributed by atoms with E-state index < -0.39 is 17.7 Å². The number of benzene rings is 2. The average molecular weight is 260 g/mol. The van der Waals surface area contributed by atoms with E-state index in [4.69, 9.17) is 0 Å². The Balaban J connectivity index is 1.87. The highest BCUT2D eigenvalue weighted by Gasteiger charge is 2.31. The normalized spacial score (nSPS) is 21.4. The first-order chi connectivity index (χ1) is 9.16. The summed E-state index contributed by atoms with van der Waals surface area (Å²) in [6.45, 7) is 0. The summed E-state index contributed by atoms with van der Waals surface area (Å²) in [7, 11) is 0. The summed E-state index contributed by atoms with van der Waals surface area (Å²) in [5.74, 6) is -1.24. The lowest BCUT2D eigenvalue weighted by Crippen LogP contribution is -2.12. The van der Waals surface area contributed by atoms with Gasteiger partial charge in [-0.3, -0.25) is 0 Å². The highest BCUT2D eigenvalue weighted by molar-refractivity contribution is 5.35. The molecule has 0 amide bonds. The van der Waals surface area contributed by atoms with E-state index in [1.165, 1.54) is 18.2 Å². The lowest BCUT2D eigenvalue weighted by molar-refractivity contribution is 0.122. The first-order valence-electron chi connectivity index (χ1n) is 6.35. The molecule has 3 rings (SSSR count). The second kappa shape index (κ2) is 4.74. The third-order valence-corrected chi connectivity index (χ3v) is 3.83. The Bertz CT molecular complexity index is 589. The molecule has 3 heteroatoms. The third-order valence-electron chi connectivity index (χ3n) is 3.83. The molecule has 0 fully saturated rings. The van der Waals surface area contributed by atoms with Crippen molar-refractivity contribution in [2.24, 2.45) is 5.92 Å². The maximum Gasteiger partial charge on any atom is 0.129 e. The fourth-order valence-corrected chi connectivity index (χ4v) is 2.83. The Labute approximate surface area is 110 Å². The molecule has 0 radical (unpaired) electrons. The standard InChI is InChI=1S/C16H14F2O/c17-14-6-3-7-15(18)13(14)9-11-8-10-4-1-2-5-12(10)16(11)19/h1-7,11,16,19H,8-9H2. The van der Waals surface area contributed by atoms with Crippen LogP contribution in [-0.2, 0) is 12.8 Å². The second-order valence-corrected chi connectivity index (χ2v) is 5.01. The number of aliphatic hydroxyl groups is 1. The fourth-order valence-electron chi connectivity index (χ4n) is 2.83. The third kappa shape index (κ3) is 2.15. The van der Waals surface area contributed by atoms with Gasteiger partial charge in [0, 0.05) is 5.56 Å². The van der Waals surface area contributed by atoms with Gasteiger partial charge in [-0.2, -0.15) is 0 Å². The zero-order chi connectivity index (χ0) is 13.4. The van der Waals surface area contributed by atoms with Crippen molar-refractivity contribution >= 4 is 0 Å². The summed E-state index contributed by atoms with van der Waals surface area (Å²) in [6, 6.07) is 11.5. The molecule has 1 N–H and O–H groups in total. The number of hydrogen-bond acceptors (Lipinski definition) is 1. The maximum atomic E-state index is 13.6. The molecule has 1 aliphatic carbocycles. The van der Waals surface area contributed by atoms with E-state index in [1.54, 1.807) is 0 Å². The van der Waals surface area contributed by atoms with Gasteiger partial charge in [-0.1, -0.05) is 30.3 Å². The van der Waals surface area contributed by atoms with E-state index in [9.17, 15) is 13.9 Å². The topological polar surface area (TPSA) is 20.2 Å². The van der Waals surface area contributed by atoms with E-state index in [0.29, 0.717) is 6.42 Å². The molecule has 2 atom stereocenters. The van der Waals surface area contributed by atoms with Gasteiger partial charge in [-0.15, -0.1) is 0 Å². The van der Waals surface area contributed by atoms with Gasteiger partial charge in [0.2, 0.25) is 0 Å². The number of aliphatic hydroxyl groups excluding tert-OH is 1. The van der Waals surface area contributed by atoms with Gasteiger partial charge < -0.3 is 5.11 Å². The van der Waals surface area contributed by atoms with Crippen molar-refractivity contribution in [2.75, 3.05) is 0 Å². The smallest absolute Gasteiger partial charge is 0.129 e. The molecule has 1 nitrogen and oxygen atoms in total. The Morgan fingerprint density at radius 1 is 1.00 bits per heavy atom. The molecule has 0 bridgehead atoms. The minimum Gasteiger partial charge on any atom is -0.388 e. The van der Waals surface area contributed by atoms with Gasteiger partial charge in [0.15, 0.2) is 0 Å². The first kappa shape index (κ1) is 12.3. The van der Waals surface area contributed by atoms with Gasteiger partial charge in [0.05, 0.1) is 6.10 Å². The highest BCUT2D eigenvalue weighted by atomic mass is 19.1. The molecule has 0 saturated carbocycles. The Hall–Kier alpha value is -1.74.